The molecule has 164 valence electrons. The highest BCUT2D eigenvalue weighted by Gasteiger charge is 2.23. The van der Waals surface area contributed by atoms with Gasteiger partial charge in [0.2, 0.25) is 5.95 Å². The monoisotopic (exact) mass is 434 g/mol. The normalized spacial score (nSPS) is 14.1. The van der Waals surface area contributed by atoms with Crippen LogP contribution in [0.4, 0.5) is 16.2 Å². The van der Waals surface area contributed by atoms with E-state index in [1.807, 2.05) is 35.2 Å². The van der Waals surface area contributed by atoms with Crippen molar-refractivity contribution in [2.24, 2.45) is 0 Å². The number of anilines is 2. The number of aromatic nitrogens is 4. The molecule has 8 nitrogen and oxygen atoms in total. The third-order valence-corrected chi connectivity index (χ3v) is 5.53. The number of methoxy groups -OCH3 is 1. The highest BCUT2D eigenvalue weighted by Crippen LogP contribution is 2.35. The molecule has 1 saturated heterocycles. The van der Waals surface area contributed by atoms with E-state index in [2.05, 4.69) is 10.1 Å². The average Bonchev–Trinajstić information content (AvgIpc) is 3.14. The zero-order chi connectivity index (χ0) is 22.1. The summed E-state index contributed by atoms with van der Waals surface area (Å²) in [7, 11) is 1.50. The first-order chi connectivity index (χ1) is 15.6. The highest BCUT2D eigenvalue weighted by atomic mass is 19.1. The van der Waals surface area contributed by atoms with Gasteiger partial charge in [0, 0.05) is 24.7 Å². The second kappa shape index (κ2) is 8.43. The van der Waals surface area contributed by atoms with Crippen molar-refractivity contribution in [2.75, 3.05) is 44.0 Å². The minimum absolute atomic E-state index is 0.318. The lowest BCUT2D eigenvalue weighted by atomic mass is 10.1. The molecular weight excluding hydrogens is 411 g/mol. The Balaban J connectivity index is 1.68. The van der Waals surface area contributed by atoms with Crippen LogP contribution >= 0.6 is 0 Å². The molecule has 0 aliphatic carbocycles. The highest BCUT2D eigenvalue weighted by molar-refractivity contribution is 5.99. The minimum atomic E-state index is -0.451. The molecule has 4 aromatic rings. The van der Waals surface area contributed by atoms with Crippen molar-refractivity contribution in [2.45, 2.75) is 6.54 Å². The van der Waals surface area contributed by atoms with Gasteiger partial charge in [-0.05, 0) is 17.7 Å². The van der Waals surface area contributed by atoms with Gasteiger partial charge in [0.05, 0.1) is 37.9 Å². The first kappa shape index (κ1) is 20.2. The molecule has 0 saturated carbocycles. The Morgan fingerprint density at radius 2 is 1.88 bits per heavy atom. The fourth-order valence-corrected chi connectivity index (χ4v) is 3.83. The van der Waals surface area contributed by atoms with Crippen LogP contribution in [0.3, 0.4) is 0 Å². The molecule has 0 bridgehead atoms. The Morgan fingerprint density at radius 1 is 1.09 bits per heavy atom. The number of fused-ring (bicyclic) bond motifs is 1. The van der Waals surface area contributed by atoms with E-state index in [0.29, 0.717) is 72.7 Å². The van der Waals surface area contributed by atoms with Crippen molar-refractivity contribution < 1.29 is 13.9 Å². The Labute approximate surface area is 184 Å². The van der Waals surface area contributed by atoms with Gasteiger partial charge < -0.3 is 20.1 Å². The summed E-state index contributed by atoms with van der Waals surface area (Å²) < 4.78 is 27.3. The number of morpholine rings is 1. The van der Waals surface area contributed by atoms with Gasteiger partial charge >= 0.3 is 0 Å². The summed E-state index contributed by atoms with van der Waals surface area (Å²) in [6.45, 7) is 2.93. The van der Waals surface area contributed by atoms with Crippen LogP contribution in [0.5, 0.6) is 5.75 Å². The van der Waals surface area contributed by atoms with Crippen LogP contribution in [0, 0.1) is 5.82 Å². The Kier molecular flexibility index (Phi) is 5.32. The van der Waals surface area contributed by atoms with Gasteiger partial charge in [-0.1, -0.05) is 30.3 Å². The Bertz CT molecular complexity index is 1250. The zero-order valence-corrected chi connectivity index (χ0v) is 17.7. The van der Waals surface area contributed by atoms with E-state index >= 15 is 4.39 Å². The van der Waals surface area contributed by atoms with Crippen molar-refractivity contribution in [1.29, 1.82) is 0 Å². The molecule has 0 atom stereocenters. The van der Waals surface area contributed by atoms with Crippen molar-refractivity contribution in [3.63, 3.8) is 0 Å². The molecular formula is C23H23FN6O2. The average molecular weight is 434 g/mol. The molecule has 0 spiro atoms. The molecule has 0 unspecified atom stereocenters. The van der Waals surface area contributed by atoms with Crippen LogP contribution in [0.15, 0.2) is 48.5 Å². The molecule has 0 radical (unpaired) electrons. The second-order valence-corrected chi connectivity index (χ2v) is 7.54. The van der Waals surface area contributed by atoms with Gasteiger partial charge in [-0.3, -0.25) is 0 Å². The van der Waals surface area contributed by atoms with Crippen LogP contribution in [-0.4, -0.2) is 53.2 Å². The second-order valence-electron chi connectivity index (χ2n) is 7.54. The predicted molar refractivity (Wildman–Crippen MR) is 120 cm³/mol. The summed E-state index contributed by atoms with van der Waals surface area (Å²) in [5, 5.41) is 5.18. The fraction of sp³-hybridized carbons (Fsp3) is 0.261. The molecule has 5 rings (SSSR count). The van der Waals surface area contributed by atoms with E-state index in [0.717, 1.165) is 5.56 Å². The van der Waals surface area contributed by atoms with E-state index in [-0.39, 0.29) is 0 Å². The molecule has 1 aliphatic rings. The van der Waals surface area contributed by atoms with E-state index in [1.54, 1.807) is 16.8 Å². The molecule has 32 heavy (non-hydrogen) atoms. The standard InChI is InChI=1S/C23H23FN6O2/c1-31-16-7-8-17(18(24)13-16)20-19-21(25)30(14-15-5-3-2-4-6-15)28-22(19)27-23(26-20)29-9-11-32-12-10-29/h2-8,13H,9-12,14,25H2,1H3. The number of hydrogen-bond acceptors (Lipinski definition) is 7. The number of nitrogens with zero attached hydrogens (tertiary/aromatic N) is 5. The predicted octanol–water partition coefficient (Wildman–Crippen LogP) is 3.11. The van der Waals surface area contributed by atoms with Gasteiger partial charge in [0.1, 0.15) is 17.4 Å². The van der Waals surface area contributed by atoms with Crippen molar-refractivity contribution in [1.82, 2.24) is 19.7 Å². The molecule has 3 heterocycles. The lowest BCUT2D eigenvalue weighted by molar-refractivity contribution is 0.122. The van der Waals surface area contributed by atoms with Gasteiger partial charge in [-0.15, -0.1) is 5.10 Å². The van der Waals surface area contributed by atoms with Crippen LogP contribution < -0.4 is 15.4 Å². The summed E-state index contributed by atoms with van der Waals surface area (Å²) >= 11 is 0. The number of ether oxygens (including phenoxy) is 2. The fourth-order valence-electron chi connectivity index (χ4n) is 3.83. The summed E-state index contributed by atoms with van der Waals surface area (Å²) in [6, 6.07) is 14.6. The van der Waals surface area contributed by atoms with Gasteiger partial charge in [-0.2, -0.15) is 4.98 Å². The maximum Gasteiger partial charge on any atom is 0.228 e. The summed E-state index contributed by atoms with van der Waals surface area (Å²) in [5.41, 5.74) is 8.71. The lowest BCUT2D eigenvalue weighted by Gasteiger charge is -2.27. The van der Waals surface area contributed by atoms with Gasteiger partial charge in [0.15, 0.2) is 5.65 Å². The van der Waals surface area contributed by atoms with Crippen LogP contribution in [-0.2, 0) is 11.3 Å². The largest absolute Gasteiger partial charge is 0.497 e. The topological polar surface area (TPSA) is 91.3 Å². The number of halogens is 1. The van der Waals surface area contributed by atoms with Crippen molar-refractivity contribution in [3.8, 4) is 17.0 Å². The number of nitrogens with two attached hydrogens (primary N) is 1. The number of hydrogen-bond donors (Lipinski definition) is 1. The molecule has 2 aromatic carbocycles. The molecule has 2 N–H and O–H groups in total. The summed E-state index contributed by atoms with van der Waals surface area (Å²) in [5.74, 6) is 0.850. The molecule has 0 amide bonds. The Hall–Kier alpha value is -3.72. The van der Waals surface area contributed by atoms with E-state index in [1.165, 1.54) is 13.2 Å². The first-order valence-corrected chi connectivity index (χ1v) is 10.4. The third-order valence-electron chi connectivity index (χ3n) is 5.53. The van der Waals surface area contributed by atoms with Crippen LogP contribution in [0.1, 0.15) is 5.56 Å². The van der Waals surface area contributed by atoms with Gasteiger partial charge in [-0.25, -0.2) is 14.1 Å². The SMILES string of the molecule is COc1ccc(-c2nc(N3CCOCC3)nc3nn(Cc4ccccc4)c(N)c23)c(F)c1. The minimum Gasteiger partial charge on any atom is -0.497 e. The lowest BCUT2D eigenvalue weighted by Crippen LogP contribution is -2.37. The van der Waals surface area contributed by atoms with Gasteiger partial charge in [0.25, 0.3) is 0 Å². The molecule has 1 aliphatic heterocycles. The number of benzene rings is 2. The smallest absolute Gasteiger partial charge is 0.228 e. The Morgan fingerprint density at radius 3 is 2.59 bits per heavy atom. The van der Waals surface area contributed by atoms with Crippen LogP contribution in [0.2, 0.25) is 0 Å². The van der Waals surface area contributed by atoms with Crippen LogP contribution in [0.25, 0.3) is 22.3 Å². The van der Waals surface area contributed by atoms with E-state index < -0.39 is 5.82 Å². The number of rotatable bonds is 5. The zero-order valence-electron chi connectivity index (χ0n) is 17.7. The summed E-state index contributed by atoms with van der Waals surface area (Å²) in [6.07, 6.45) is 0. The maximum absolute atomic E-state index is 15.1. The van der Waals surface area contributed by atoms with E-state index in [9.17, 15) is 0 Å². The first-order valence-electron chi connectivity index (χ1n) is 10.4. The molecule has 1 fully saturated rings. The number of nitrogen functional groups attached to an aromatic ring is 1. The molecule has 9 heteroatoms. The quantitative estimate of drug-likeness (QED) is 0.516. The van der Waals surface area contributed by atoms with Crippen molar-refractivity contribution in [3.05, 3.63) is 59.9 Å². The van der Waals surface area contributed by atoms with Crippen molar-refractivity contribution >= 4 is 22.8 Å². The molecule has 2 aromatic heterocycles. The summed E-state index contributed by atoms with van der Waals surface area (Å²) in [4.78, 5) is 11.4. The van der Waals surface area contributed by atoms with E-state index in [4.69, 9.17) is 20.2 Å². The third kappa shape index (κ3) is 3.71. The maximum atomic E-state index is 15.1.